The fourth-order valence-electron chi connectivity index (χ4n) is 6.73. The number of amides is 3. The number of hydrogen-bond acceptors (Lipinski definition) is 4. The zero-order valence-corrected chi connectivity index (χ0v) is 22.0. The molecule has 3 fully saturated rings. The molecule has 1 aromatic rings. The summed E-state index contributed by atoms with van der Waals surface area (Å²) in [6, 6.07) is 6.92. The van der Waals surface area contributed by atoms with Crippen LogP contribution in [0.5, 0.6) is 0 Å². The third-order valence-electron chi connectivity index (χ3n) is 8.70. The molecule has 2 saturated heterocycles. The lowest BCUT2D eigenvalue weighted by atomic mass is 9.74. The molecule has 7 heteroatoms. The average Bonchev–Trinajstić information content (AvgIpc) is 3.48. The van der Waals surface area contributed by atoms with Crippen molar-refractivity contribution in [2.24, 2.45) is 17.8 Å². The molecular weight excluding hydrogens is 454 g/mol. The third-order valence-corrected chi connectivity index (χ3v) is 8.70. The Kier molecular flexibility index (Phi) is 6.48. The molecule has 3 aliphatic heterocycles. The van der Waals surface area contributed by atoms with E-state index in [2.05, 4.69) is 31.4 Å². The molecule has 1 spiro atoms. The predicted octanol–water partition coefficient (Wildman–Crippen LogP) is 4.00. The minimum absolute atomic E-state index is 0.0984. The van der Waals surface area contributed by atoms with Crippen LogP contribution in [-0.2, 0) is 19.1 Å². The number of ether oxygens (including phenoxy) is 1. The quantitative estimate of drug-likeness (QED) is 0.587. The van der Waals surface area contributed by atoms with E-state index in [-0.39, 0.29) is 29.8 Å². The van der Waals surface area contributed by atoms with Crippen molar-refractivity contribution in [3.8, 4) is 0 Å². The molecule has 0 radical (unpaired) electrons. The summed E-state index contributed by atoms with van der Waals surface area (Å²) in [5.74, 6) is -1.19. The Labute approximate surface area is 214 Å². The third kappa shape index (κ3) is 3.96. The summed E-state index contributed by atoms with van der Waals surface area (Å²) in [5.41, 5.74) is 0.770. The normalized spacial score (nSPS) is 35.0. The van der Waals surface area contributed by atoms with Crippen LogP contribution in [0.3, 0.4) is 0 Å². The number of benzene rings is 1. The maximum Gasteiger partial charge on any atom is 0.246 e. The van der Waals surface area contributed by atoms with Crippen LogP contribution < -0.4 is 10.6 Å². The maximum absolute atomic E-state index is 13.8. The summed E-state index contributed by atoms with van der Waals surface area (Å²) in [6.45, 7) is 10.3. The van der Waals surface area contributed by atoms with Crippen LogP contribution >= 0.6 is 0 Å². The second-order valence-electron chi connectivity index (χ2n) is 11.7. The van der Waals surface area contributed by atoms with Crippen molar-refractivity contribution in [3.05, 3.63) is 42.0 Å². The van der Waals surface area contributed by atoms with Gasteiger partial charge in [0.2, 0.25) is 17.7 Å². The Morgan fingerprint density at radius 3 is 2.39 bits per heavy atom. The molecule has 5 rings (SSSR count). The van der Waals surface area contributed by atoms with Crippen molar-refractivity contribution in [2.45, 2.75) is 96.1 Å². The van der Waals surface area contributed by atoms with Crippen LogP contribution in [0.2, 0.25) is 0 Å². The molecule has 2 N–H and O–H groups in total. The van der Waals surface area contributed by atoms with E-state index < -0.39 is 29.6 Å². The number of nitrogens with zero attached hydrogens (tertiary/aromatic N) is 1. The topological polar surface area (TPSA) is 87.7 Å². The number of carbonyl (C=O) groups is 3. The van der Waals surface area contributed by atoms with Gasteiger partial charge in [0.25, 0.3) is 0 Å². The van der Waals surface area contributed by atoms with E-state index in [4.69, 9.17) is 4.74 Å². The molecule has 0 unspecified atom stereocenters. The molecule has 194 valence electrons. The van der Waals surface area contributed by atoms with Crippen molar-refractivity contribution < 1.29 is 19.1 Å². The lowest BCUT2D eigenvalue weighted by Gasteiger charge is -2.37. The summed E-state index contributed by atoms with van der Waals surface area (Å²) in [5, 5.41) is 6.26. The van der Waals surface area contributed by atoms with Gasteiger partial charge in [0.1, 0.15) is 11.6 Å². The molecule has 2 bridgehead atoms. The van der Waals surface area contributed by atoms with Crippen molar-refractivity contribution in [3.63, 3.8) is 0 Å². The summed E-state index contributed by atoms with van der Waals surface area (Å²) >= 11 is 0. The monoisotopic (exact) mass is 493 g/mol. The molecule has 0 aromatic heterocycles. The summed E-state index contributed by atoms with van der Waals surface area (Å²) < 4.78 is 6.41. The van der Waals surface area contributed by atoms with Gasteiger partial charge in [-0.1, -0.05) is 57.9 Å². The van der Waals surface area contributed by atoms with Gasteiger partial charge in [-0.3, -0.25) is 14.4 Å². The molecule has 1 aliphatic carbocycles. The van der Waals surface area contributed by atoms with Gasteiger partial charge in [0, 0.05) is 17.8 Å². The van der Waals surface area contributed by atoms with Gasteiger partial charge in [0.05, 0.1) is 17.9 Å². The average molecular weight is 494 g/mol. The largest absolute Gasteiger partial charge is 0.359 e. The zero-order chi connectivity index (χ0) is 25.8. The Morgan fingerprint density at radius 2 is 1.75 bits per heavy atom. The minimum atomic E-state index is -1.11. The summed E-state index contributed by atoms with van der Waals surface area (Å²) in [7, 11) is 0. The highest BCUT2D eigenvalue weighted by Crippen LogP contribution is 2.55. The van der Waals surface area contributed by atoms with Crippen LogP contribution in [0.25, 0.3) is 0 Å². The number of nitrogens with one attached hydrogen (secondary N) is 2. The Hall–Kier alpha value is -2.67. The number of anilines is 1. The first kappa shape index (κ1) is 25.0. The molecule has 3 heterocycles. The van der Waals surface area contributed by atoms with Gasteiger partial charge in [-0.2, -0.15) is 0 Å². The predicted molar refractivity (Wildman–Crippen MR) is 138 cm³/mol. The smallest absolute Gasteiger partial charge is 0.246 e. The molecule has 7 atom stereocenters. The lowest BCUT2D eigenvalue weighted by Crippen LogP contribution is -2.58. The van der Waals surface area contributed by atoms with Crippen LogP contribution in [0.4, 0.5) is 5.69 Å². The van der Waals surface area contributed by atoms with E-state index in [1.807, 2.05) is 50.3 Å². The van der Waals surface area contributed by atoms with Gasteiger partial charge >= 0.3 is 0 Å². The first-order valence-electron chi connectivity index (χ1n) is 13.5. The van der Waals surface area contributed by atoms with E-state index in [0.29, 0.717) is 17.5 Å². The summed E-state index contributed by atoms with van der Waals surface area (Å²) in [6.07, 6.45) is 7.54. The van der Waals surface area contributed by atoms with Gasteiger partial charge in [-0.25, -0.2) is 0 Å². The second kappa shape index (κ2) is 9.33. The van der Waals surface area contributed by atoms with Gasteiger partial charge < -0.3 is 20.3 Å². The van der Waals surface area contributed by atoms with E-state index in [1.165, 1.54) is 12.0 Å². The number of likely N-dealkylation sites (tertiary alicyclic amines) is 1. The first-order valence-corrected chi connectivity index (χ1v) is 13.5. The Bertz CT molecular complexity index is 1060. The van der Waals surface area contributed by atoms with Crippen LogP contribution in [-0.4, -0.2) is 52.5 Å². The molecule has 4 aliphatic rings. The molecule has 36 heavy (non-hydrogen) atoms. The second-order valence-corrected chi connectivity index (χ2v) is 11.7. The van der Waals surface area contributed by atoms with Gasteiger partial charge in [0.15, 0.2) is 0 Å². The van der Waals surface area contributed by atoms with E-state index in [0.717, 1.165) is 19.3 Å². The molecule has 1 aromatic carbocycles. The number of carbonyl (C=O) groups excluding carboxylic acids is 3. The minimum Gasteiger partial charge on any atom is -0.359 e. The van der Waals surface area contributed by atoms with Gasteiger partial charge in [-0.05, 0) is 56.2 Å². The molecule has 7 nitrogen and oxygen atoms in total. The fourth-order valence-corrected chi connectivity index (χ4v) is 6.73. The molecule has 3 amide bonds. The van der Waals surface area contributed by atoms with Crippen LogP contribution in [0, 0.1) is 17.8 Å². The standard InChI is InChI=1S/C29H39N3O4/c1-16(2)19-10-12-20(13-11-19)30-26(33)23-22-14-15-29(36-22)24(23)28(35)32(17(3)4)25(29)27(34)31-21-9-7-6-8-18(21)5/h10-18,21-25H,6-9H2,1-5H3,(H,30,33)(H,31,34)/t18-,21-,22-,23+,24-,25-,29-/m0/s1. The highest BCUT2D eigenvalue weighted by atomic mass is 16.5. The number of hydrogen-bond donors (Lipinski definition) is 2. The SMILES string of the molecule is CC(C)c1ccc(NC(=O)[C@@H]2[C@@H]3C=C[C@]4(O3)[C@@H]2C(=O)N(C(C)C)[C@H]4C(=O)N[C@H]2CCCC[C@@H]2C)cc1. The van der Waals surface area contributed by atoms with E-state index in [9.17, 15) is 14.4 Å². The van der Waals surface area contributed by atoms with Crippen LogP contribution in [0.1, 0.15) is 71.8 Å². The Balaban J connectivity index is 1.40. The van der Waals surface area contributed by atoms with Crippen molar-refractivity contribution in [1.29, 1.82) is 0 Å². The van der Waals surface area contributed by atoms with Crippen LogP contribution in [0.15, 0.2) is 36.4 Å². The first-order chi connectivity index (χ1) is 17.1. The molecular formula is C29H39N3O4. The lowest BCUT2D eigenvalue weighted by molar-refractivity contribution is -0.143. The Morgan fingerprint density at radius 1 is 1.06 bits per heavy atom. The van der Waals surface area contributed by atoms with Crippen molar-refractivity contribution in [1.82, 2.24) is 10.2 Å². The summed E-state index contributed by atoms with van der Waals surface area (Å²) in [4.78, 5) is 42.8. The number of fused-ring (bicyclic) bond motifs is 1. The van der Waals surface area contributed by atoms with Crippen molar-refractivity contribution in [2.75, 3.05) is 5.32 Å². The zero-order valence-electron chi connectivity index (χ0n) is 22.0. The van der Waals surface area contributed by atoms with Crippen molar-refractivity contribution >= 4 is 23.4 Å². The van der Waals surface area contributed by atoms with E-state index >= 15 is 0 Å². The maximum atomic E-state index is 13.8. The highest BCUT2D eigenvalue weighted by Gasteiger charge is 2.73. The molecule has 1 saturated carbocycles. The van der Waals surface area contributed by atoms with E-state index in [1.54, 1.807) is 4.90 Å². The van der Waals surface area contributed by atoms with Gasteiger partial charge in [-0.15, -0.1) is 0 Å². The fraction of sp³-hybridized carbons (Fsp3) is 0.621. The number of rotatable bonds is 6. The highest BCUT2D eigenvalue weighted by molar-refractivity contribution is 6.02.